The Morgan fingerprint density at radius 1 is 1.26 bits per heavy atom. The number of Topliss-reactive ketones (excluding diaryl/α,β-unsaturated/α-hetero) is 3. The molecule has 1 aliphatic carbocycles. The highest BCUT2D eigenvalue weighted by Crippen LogP contribution is 2.31. The van der Waals surface area contributed by atoms with Gasteiger partial charge in [0.2, 0.25) is 0 Å². The maximum absolute atomic E-state index is 13.1. The van der Waals surface area contributed by atoms with Crippen molar-refractivity contribution in [1.29, 1.82) is 0 Å². The number of hydrogen-bond acceptors (Lipinski definition) is 3. The maximum Gasteiger partial charge on any atom is 0.151 e. The Bertz CT molecular complexity index is 550. The fourth-order valence-electron chi connectivity index (χ4n) is 2.74. The van der Waals surface area contributed by atoms with Gasteiger partial charge >= 0.3 is 0 Å². The molecule has 98 valence electrons. The minimum atomic E-state index is -1.09. The van der Waals surface area contributed by atoms with Crippen molar-refractivity contribution in [1.82, 2.24) is 0 Å². The molecule has 0 saturated heterocycles. The summed E-state index contributed by atoms with van der Waals surface area (Å²) in [5.74, 6) is -2.69. The molecule has 1 saturated carbocycles. The largest absolute Gasteiger partial charge is 0.299 e. The molecule has 2 rings (SSSR count). The number of halogens is 1. The van der Waals surface area contributed by atoms with Gasteiger partial charge in [-0.1, -0.05) is 17.1 Å². The van der Waals surface area contributed by atoms with Crippen LogP contribution in [0.5, 0.6) is 0 Å². The van der Waals surface area contributed by atoms with Gasteiger partial charge in [0, 0.05) is 12.8 Å². The summed E-state index contributed by atoms with van der Waals surface area (Å²) in [4.78, 5) is 35.1. The Kier molecular flexibility index (Phi) is 3.65. The highest BCUT2D eigenvalue weighted by molar-refractivity contribution is 6.33. The number of rotatable bonds is 2. The van der Waals surface area contributed by atoms with Crippen molar-refractivity contribution in [3.8, 4) is 0 Å². The molecule has 5 heteroatoms. The van der Waals surface area contributed by atoms with Crippen molar-refractivity contribution in [2.24, 2.45) is 5.92 Å². The Balaban J connectivity index is 2.28. The summed E-state index contributed by atoms with van der Waals surface area (Å²) in [7, 11) is 1.75. The van der Waals surface area contributed by atoms with Gasteiger partial charge in [-0.15, -0.1) is 0 Å². The van der Waals surface area contributed by atoms with Crippen molar-refractivity contribution < 1.29 is 18.8 Å². The number of carbonyl (C=O) groups is 3. The van der Waals surface area contributed by atoms with Crippen molar-refractivity contribution in [3.63, 3.8) is 0 Å². The highest BCUT2D eigenvalue weighted by Gasteiger charge is 2.38. The Labute approximate surface area is 111 Å². The second kappa shape index (κ2) is 5.07. The van der Waals surface area contributed by atoms with Gasteiger partial charge in [-0.05, 0) is 25.0 Å². The number of carbonyl (C=O) groups excluding carboxylic acids is 3. The van der Waals surface area contributed by atoms with Crippen LogP contribution in [-0.4, -0.2) is 25.2 Å². The van der Waals surface area contributed by atoms with E-state index in [1.165, 1.54) is 19.1 Å². The summed E-state index contributed by atoms with van der Waals surface area (Å²) in [6.45, 7) is 1.27. The van der Waals surface area contributed by atoms with Crippen molar-refractivity contribution in [2.45, 2.75) is 25.7 Å². The molecule has 0 aromatic heterocycles. The fraction of sp³-hybridized carbons (Fsp3) is 0.357. The molecule has 3 nitrogen and oxygen atoms in total. The van der Waals surface area contributed by atoms with Crippen LogP contribution in [0.15, 0.2) is 18.2 Å². The third-order valence-corrected chi connectivity index (χ3v) is 3.62. The number of ketones is 3. The lowest BCUT2D eigenvalue weighted by molar-refractivity contribution is -0.141. The van der Waals surface area contributed by atoms with E-state index in [0.29, 0.717) is 0 Å². The van der Waals surface area contributed by atoms with Crippen LogP contribution < -0.4 is 5.46 Å². The van der Waals surface area contributed by atoms with E-state index >= 15 is 0 Å². The molecular weight excluding hydrogens is 246 g/mol. The summed E-state index contributed by atoms with van der Waals surface area (Å²) in [6.07, 6.45) is 0.338. The monoisotopic (exact) mass is 260 g/mol. The van der Waals surface area contributed by atoms with Gasteiger partial charge in [-0.3, -0.25) is 14.4 Å². The van der Waals surface area contributed by atoms with Gasteiger partial charge < -0.3 is 0 Å². The second-order valence-electron chi connectivity index (χ2n) is 5.08. The first-order chi connectivity index (χ1) is 8.90. The first-order valence-electron chi connectivity index (χ1n) is 6.22. The van der Waals surface area contributed by atoms with E-state index in [9.17, 15) is 18.8 Å². The van der Waals surface area contributed by atoms with Gasteiger partial charge in [-0.2, -0.15) is 0 Å². The third kappa shape index (κ3) is 2.65. The number of benzene rings is 1. The van der Waals surface area contributed by atoms with E-state index in [1.807, 2.05) is 0 Å². The van der Waals surface area contributed by atoms with Gasteiger partial charge in [0.1, 0.15) is 25.4 Å². The normalized spacial score (nSPS) is 23.5. The van der Waals surface area contributed by atoms with E-state index in [-0.39, 0.29) is 41.9 Å². The molecule has 1 aromatic carbocycles. The average molecular weight is 260 g/mol. The lowest BCUT2D eigenvalue weighted by atomic mass is 9.72. The molecule has 19 heavy (non-hydrogen) atoms. The molecule has 0 atom stereocenters. The molecule has 0 radical (unpaired) electrons. The minimum Gasteiger partial charge on any atom is -0.299 e. The predicted molar refractivity (Wildman–Crippen MR) is 70.7 cm³/mol. The highest BCUT2D eigenvalue weighted by atomic mass is 19.1. The second-order valence-corrected chi connectivity index (χ2v) is 5.08. The molecule has 0 bridgehead atoms. The fourth-order valence-corrected chi connectivity index (χ4v) is 2.74. The van der Waals surface area contributed by atoms with Gasteiger partial charge in [0.15, 0.2) is 11.6 Å². The first-order valence-corrected chi connectivity index (χ1v) is 6.22. The van der Waals surface area contributed by atoms with E-state index in [2.05, 4.69) is 0 Å². The van der Waals surface area contributed by atoms with Crippen LogP contribution in [0.25, 0.3) is 0 Å². The van der Waals surface area contributed by atoms with Crippen LogP contribution in [0.2, 0.25) is 0 Å². The quantitative estimate of drug-likeness (QED) is 0.568. The zero-order valence-electron chi connectivity index (χ0n) is 10.9. The van der Waals surface area contributed by atoms with E-state index in [4.69, 9.17) is 0 Å². The van der Waals surface area contributed by atoms with Gasteiger partial charge in [-0.25, -0.2) is 4.39 Å². The molecule has 0 spiro atoms. The summed E-state index contributed by atoms with van der Waals surface area (Å²) in [5, 5.41) is 0. The lowest BCUT2D eigenvalue weighted by Gasteiger charge is -2.26. The maximum atomic E-state index is 13.1. The predicted octanol–water partition coefficient (Wildman–Crippen LogP) is 0.305. The summed E-state index contributed by atoms with van der Waals surface area (Å²) < 4.78 is 13.1. The molecule has 0 unspecified atom stereocenters. The Morgan fingerprint density at radius 2 is 1.84 bits per heavy atom. The smallest absolute Gasteiger partial charge is 0.151 e. The molecule has 0 N–H and O–H groups in total. The zero-order valence-corrected chi connectivity index (χ0v) is 10.9. The molecular formula is C14H14BFO3. The molecule has 1 aliphatic rings. The van der Waals surface area contributed by atoms with Crippen LogP contribution in [0.4, 0.5) is 4.39 Å². The van der Waals surface area contributed by atoms with Crippen molar-refractivity contribution in [3.05, 3.63) is 29.6 Å². The van der Waals surface area contributed by atoms with Crippen LogP contribution >= 0.6 is 0 Å². The SMILES string of the molecule is Bc1cc(F)ccc1C1CC(=O)C(C(C)=O)C(=O)C1. The Hall–Kier alpha value is -1.78. The average Bonchev–Trinajstić information content (AvgIpc) is 2.26. The molecule has 0 heterocycles. The van der Waals surface area contributed by atoms with Crippen molar-refractivity contribution in [2.75, 3.05) is 0 Å². The van der Waals surface area contributed by atoms with Crippen LogP contribution in [0, 0.1) is 11.7 Å². The Morgan fingerprint density at radius 3 is 2.32 bits per heavy atom. The molecule has 1 aromatic rings. The van der Waals surface area contributed by atoms with E-state index in [1.54, 1.807) is 13.9 Å². The van der Waals surface area contributed by atoms with E-state index < -0.39 is 5.92 Å². The molecule has 0 aliphatic heterocycles. The van der Waals surface area contributed by atoms with Crippen molar-refractivity contribution >= 4 is 30.7 Å². The van der Waals surface area contributed by atoms with Crippen LogP contribution in [0.1, 0.15) is 31.2 Å². The van der Waals surface area contributed by atoms with Gasteiger partial charge in [0.25, 0.3) is 0 Å². The van der Waals surface area contributed by atoms with Gasteiger partial charge in [0.05, 0.1) is 0 Å². The number of hydrogen-bond donors (Lipinski definition) is 0. The summed E-state index contributed by atoms with van der Waals surface area (Å²) in [5.41, 5.74) is 1.54. The standard InChI is InChI=1S/C14H14BFO3/c1-7(17)14-12(18)4-8(5-13(14)19)10-3-2-9(16)6-11(10)15/h2-3,6,8,14H,4-5,15H2,1H3. The molecule has 0 amide bonds. The van der Waals surface area contributed by atoms with Crippen LogP contribution in [0.3, 0.4) is 0 Å². The third-order valence-electron chi connectivity index (χ3n) is 3.62. The lowest BCUT2D eigenvalue weighted by Crippen LogP contribution is -2.38. The zero-order chi connectivity index (χ0) is 14.2. The summed E-state index contributed by atoms with van der Waals surface area (Å²) in [6, 6.07) is 4.33. The van der Waals surface area contributed by atoms with E-state index in [0.717, 1.165) is 11.0 Å². The van der Waals surface area contributed by atoms with Crippen LogP contribution in [-0.2, 0) is 14.4 Å². The minimum absolute atomic E-state index is 0.169. The molecule has 1 fully saturated rings. The topological polar surface area (TPSA) is 51.2 Å². The first kappa shape index (κ1) is 13.7. The summed E-state index contributed by atoms with van der Waals surface area (Å²) >= 11 is 0.